The third-order valence-corrected chi connectivity index (χ3v) is 6.01. The standard InChI is InChI=1S/C23H22Cl2FN5O3/c1-13-19(34-14(2)21-16(24)4-5-17(26)22(21)25)11-18(30-29-13)23(32)28-15-3-6-20(27-12-15)31-7-9-33-10-8-31/h3-6,11-12,14H,7-10H2,1-2H3,(H,28,32). The van der Waals surface area contributed by atoms with Crippen molar-refractivity contribution in [2.45, 2.75) is 20.0 Å². The number of benzene rings is 1. The van der Waals surface area contributed by atoms with Crippen molar-refractivity contribution >= 4 is 40.6 Å². The second-order valence-electron chi connectivity index (χ2n) is 7.65. The number of carbonyl (C=O) groups is 1. The number of morpholine rings is 1. The van der Waals surface area contributed by atoms with E-state index in [1.807, 2.05) is 6.07 Å². The van der Waals surface area contributed by atoms with E-state index in [1.54, 1.807) is 26.1 Å². The first-order chi connectivity index (χ1) is 16.3. The number of amides is 1. The van der Waals surface area contributed by atoms with Gasteiger partial charge >= 0.3 is 0 Å². The Hall–Kier alpha value is -3.01. The van der Waals surface area contributed by atoms with Crippen LogP contribution in [0.25, 0.3) is 0 Å². The van der Waals surface area contributed by atoms with Gasteiger partial charge in [0.1, 0.15) is 29.2 Å². The van der Waals surface area contributed by atoms with Gasteiger partial charge < -0.3 is 19.7 Å². The fourth-order valence-electron chi connectivity index (χ4n) is 3.47. The van der Waals surface area contributed by atoms with Crippen LogP contribution in [0, 0.1) is 12.7 Å². The maximum absolute atomic E-state index is 13.9. The highest BCUT2D eigenvalue weighted by Gasteiger charge is 2.21. The number of aromatic nitrogens is 3. The number of hydrogen-bond donors (Lipinski definition) is 1. The van der Waals surface area contributed by atoms with Crippen LogP contribution in [0.1, 0.15) is 34.8 Å². The number of ether oxygens (including phenoxy) is 2. The molecule has 0 spiro atoms. The maximum atomic E-state index is 13.9. The predicted octanol–water partition coefficient (Wildman–Crippen LogP) is 4.85. The van der Waals surface area contributed by atoms with E-state index in [1.165, 1.54) is 18.2 Å². The summed E-state index contributed by atoms with van der Waals surface area (Å²) in [5.74, 6) is 0.0303. The largest absolute Gasteiger partial charge is 0.484 e. The summed E-state index contributed by atoms with van der Waals surface area (Å²) >= 11 is 12.3. The van der Waals surface area contributed by atoms with Gasteiger partial charge in [0.2, 0.25) is 0 Å². The first-order valence-corrected chi connectivity index (χ1v) is 11.3. The second-order valence-corrected chi connectivity index (χ2v) is 8.44. The van der Waals surface area contributed by atoms with Crippen molar-refractivity contribution in [2.75, 3.05) is 36.5 Å². The molecule has 3 aromatic rings. The summed E-state index contributed by atoms with van der Waals surface area (Å²) in [4.78, 5) is 19.3. The molecule has 1 amide bonds. The molecule has 1 atom stereocenters. The molecule has 34 heavy (non-hydrogen) atoms. The Bertz CT molecular complexity index is 1190. The minimum absolute atomic E-state index is 0.0430. The number of hydrogen-bond acceptors (Lipinski definition) is 7. The van der Waals surface area contributed by atoms with Gasteiger partial charge in [0.15, 0.2) is 5.69 Å². The first kappa shape index (κ1) is 24.1. The minimum atomic E-state index is -0.702. The van der Waals surface area contributed by atoms with Crippen molar-refractivity contribution in [1.82, 2.24) is 15.2 Å². The van der Waals surface area contributed by atoms with Gasteiger partial charge in [-0.2, -0.15) is 5.10 Å². The second kappa shape index (κ2) is 10.5. The highest BCUT2D eigenvalue weighted by atomic mass is 35.5. The molecule has 3 heterocycles. The molecule has 1 aliphatic heterocycles. The van der Waals surface area contributed by atoms with Gasteiger partial charge in [-0.25, -0.2) is 9.37 Å². The Balaban J connectivity index is 1.47. The zero-order valence-electron chi connectivity index (χ0n) is 18.5. The molecule has 178 valence electrons. The molecule has 11 heteroatoms. The lowest BCUT2D eigenvalue weighted by molar-refractivity contribution is 0.102. The number of rotatable bonds is 6. The zero-order chi connectivity index (χ0) is 24.2. The van der Waals surface area contributed by atoms with Crippen molar-refractivity contribution in [3.8, 4) is 5.75 Å². The van der Waals surface area contributed by atoms with Crippen molar-refractivity contribution in [3.05, 3.63) is 69.3 Å². The molecule has 0 bridgehead atoms. The molecule has 1 unspecified atom stereocenters. The lowest BCUT2D eigenvalue weighted by Gasteiger charge is -2.27. The summed E-state index contributed by atoms with van der Waals surface area (Å²) < 4.78 is 25.2. The van der Waals surface area contributed by atoms with Crippen LogP contribution < -0.4 is 15.0 Å². The van der Waals surface area contributed by atoms with Gasteiger partial charge in [0.25, 0.3) is 5.91 Å². The molecule has 0 radical (unpaired) electrons. The highest BCUT2D eigenvalue weighted by molar-refractivity contribution is 6.36. The highest BCUT2D eigenvalue weighted by Crippen LogP contribution is 2.35. The summed E-state index contributed by atoms with van der Waals surface area (Å²) in [6, 6.07) is 7.66. The molecule has 4 rings (SSSR count). The third kappa shape index (κ3) is 5.38. The average molecular weight is 506 g/mol. The topological polar surface area (TPSA) is 89.5 Å². The van der Waals surface area contributed by atoms with E-state index in [4.69, 9.17) is 32.7 Å². The summed E-state index contributed by atoms with van der Waals surface area (Å²) in [7, 11) is 0. The molecule has 1 fully saturated rings. The predicted molar refractivity (Wildman–Crippen MR) is 127 cm³/mol. The SMILES string of the molecule is Cc1nnc(C(=O)Nc2ccc(N3CCOCC3)nc2)cc1OC(C)c1c(Cl)ccc(F)c1Cl. The fourth-order valence-corrected chi connectivity index (χ4v) is 4.14. The summed E-state index contributed by atoms with van der Waals surface area (Å²) in [6.45, 7) is 6.21. The van der Waals surface area contributed by atoms with Crippen LogP contribution in [0.5, 0.6) is 5.75 Å². The number of halogens is 3. The quantitative estimate of drug-likeness (QED) is 0.478. The molecule has 0 saturated carbocycles. The van der Waals surface area contributed by atoms with Crippen LogP contribution in [0.2, 0.25) is 10.0 Å². The summed E-state index contributed by atoms with van der Waals surface area (Å²) in [5.41, 5.74) is 1.31. The fraction of sp³-hybridized carbons (Fsp3) is 0.304. The summed E-state index contributed by atoms with van der Waals surface area (Å²) in [5, 5.41) is 10.9. The maximum Gasteiger partial charge on any atom is 0.276 e. The van der Waals surface area contributed by atoms with Crippen LogP contribution in [-0.2, 0) is 4.74 Å². The van der Waals surface area contributed by atoms with Crippen molar-refractivity contribution in [1.29, 1.82) is 0 Å². The van der Waals surface area contributed by atoms with E-state index >= 15 is 0 Å². The van der Waals surface area contributed by atoms with Crippen LogP contribution in [0.3, 0.4) is 0 Å². The Kier molecular flexibility index (Phi) is 7.45. The average Bonchev–Trinajstić information content (AvgIpc) is 2.84. The first-order valence-electron chi connectivity index (χ1n) is 10.6. The van der Waals surface area contributed by atoms with Crippen LogP contribution in [0.15, 0.2) is 36.5 Å². The number of aryl methyl sites for hydroxylation is 1. The zero-order valence-corrected chi connectivity index (χ0v) is 20.0. The molecular weight excluding hydrogens is 484 g/mol. The number of nitrogens with zero attached hydrogens (tertiary/aromatic N) is 4. The molecular formula is C23H22Cl2FN5O3. The smallest absolute Gasteiger partial charge is 0.276 e. The van der Waals surface area contributed by atoms with Crippen LogP contribution in [-0.4, -0.2) is 47.4 Å². The Labute approximate surface area is 206 Å². The molecule has 8 nitrogen and oxygen atoms in total. The number of pyridine rings is 1. The van der Waals surface area contributed by atoms with Gasteiger partial charge in [-0.1, -0.05) is 23.2 Å². The molecule has 1 N–H and O–H groups in total. The van der Waals surface area contributed by atoms with Gasteiger partial charge in [-0.3, -0.25) is 4.79 Å². The van der Waals surface area contributed by atoms with E-state index in [-0.39, 0.29) is 15.7 Å². The number of nitrogens with one attached hydrogen (secondary N) is 1. The Morgan fingerprint density at radius 2 is 1.97 bits per heavy atom. The third-order valence-electron chi connectivity index (χ3n) is 5.30. The minimum Gasteiger partial charge on any atom is -0.484 e. The van der Waals surface area contributed by atoms with Crippen molar-refractivity contribution in [2.24, 2.45) is 0 Å². The van der Waals surface area contributed by atoms with Gasteiger partial charge in [0.05, 0.1) is 30.1 Å². The van der Waals surface area contributed by atoms with Crippen molar-refractivity contribution in [3.63, 3.8) is 0 Å². The monoisotopic (exact) mass is 505 g/mol. The van der Waals surface area contributed by atoms with Gasteiger partial charge in [-0.15, -0.1) is 5.10 Å². The van der Waals surface area contributed by atoms with E-state index in [0.29, 0.717) is 35.9 Å². The summed E-state index contributed by atoms with van der Waals surface area (Å²) in [6.07, 6.45) is 0.879. The van der Waals surface area contributed by atoms with Crippen molar-refractivity contribution < 1.29 is 18.7 Å². The number of anilines is 2. The lowest BCUT2D eigenvalue weighted by Crippen LogP contribution is -2.36. The van der Waals surface area contributed by atoms with Crippen LogP contribution >= 0.6 is 23.2 Å². The van der Waals surface area contributed by atoms with E-state index in [9.17, 15) is 9.18 Å². The van der Waals surface area contributed by atoms with E-state index < -0.39 is 17.8 Å². The molecule has 0 aliphatic carbocycles. The van der Waals surface area contributed by atoms with Gasteiger partial charge in [-0.05, 0) is 38.1 Å². The Morgan fingerprint density at radius 1 is 1.21 bits per heavy atom. The van der Waals surface area contributed by atoms with E-state index in [0.717, 1.165) is 18.9 Å². The normalized spacial score (nSPS) is 14.6. The number of carbonyl (C=O) groups excluding carboxylic acids is 1. The Morgan fingerprint density at radius 3 is 2.68 bits per heavy atom. The van der Waals surface area contributed by atoms with Crippen LogP contribution in [0.4, 0.5) is 15.9 Å². The molecule has 1 saturated heterocycles. The molecule has 2 aromatic heterocycles. The van der Waals surface area contributed by atoms with Gasteiger partial charge in [0, 0.05) is 29.7 Å². The molecule has 1 aromatic carbocycles. The molecule has 1 aliphatic rings. The van der Waals surface area contributed by atoms with E-state index in [2.05, 4.69) is 25.4 Å². The lowest BCUT2D eigenvalue weighted by atomic mass is 10.1.